The molecule has 0 bridgehead atoms. The molecule has 0 aliphatic carbocycles. The molecule has 0 saturated carbocycles. The van der Waals surface area contributed by atoms with Crippen LogP contribution < -0.4 is 5.73 Å². The number of aromatic hydroxyl groups is 1. The zero-order chi connectivity index (χ0) is 9.84. The van der Waals surface area contributed by atoms with Crippen LogP contribution >= 0.6 is 24.0 Å². The van der Waals surface area contributed by atoms with E-state index in [1.54, 1.807) is 12.1 Å². The van der Waals surface area contributed by atoms with Gasteiger partial charge in [0, 0.05) is 6.04 Å². The molecule has 1 unspecified atom stereocenters. The van der Waals surface area contributed by atoms with Crippen LogP contribution in [0.15, 0.2) is 18.2 Å². The van der Waals surface area contributed by atoms with Gasteiger partial charge in [0.15, 0.2) is 0 Å². The maximum atomic E-state index is 9.25. The Kier molecular flexibility index (Phi) is 5.88. The maximum Gasteiger partial charge on any atom is 0.134 e. The van der Waals surface area contributed by atoms with Gasteiger partial charge in [0.05, 0.1) is 11.6 Å². The Morgan fingerprint density at radius 3 is 2.64 bits per heavy atom. The summed E-state index contributed by atoms with van der Waals surface area (Å²) in [6.07, 6.45) is 0.462. The van der Waals surface area contributed by atoms with Gasteiger partial charge in [-0.15, -0.1) is 12.4 Å². The molecule has 5 heteroatoms. The van der Waals surface area contributed by atoms with E-state index in [4.69, 9.17) is 22.4 Å². The summed E-state index contributed by atoms with van der Waals surface area (Å²) in [7, 11) is 0. The van der Waals surface area contributed by atoms with Crippen LogP contribution in [0.3, 0.4) is 0 Å². The van der Waals surface area contributed by atoms with Crippen molar-refractivity contribution in [3.8, 4) is 5.75 Å². The highest BCUT2D eigenvalue weighted by Crippen LogP contribution is 2.27. The highest BCUT2D eigenvalue weighted by atomic mass is 35.5. The van der Waals surface area contributed by atoms with E-state index in [0.717, 1.165) is 5.56 Å². The molecule has 1 atom stereocenters. The number of phenols is 1. The third-order valence-corrected chi connectivity index (χ3v) is 2.21. The summed E-state index contributed by atoms with van der Waals surface area (Å²) in [5.41, 5.74) is 6.29. The van der Waals surface area contributed by atoms with E-state index in [2.05, 4.69) is 0 Å². The number of aliphatic hydroxyl groups excluding tert-OH is 1. The van der Waals surface area contributed by atoms with Crippen LogP contribution in [0, 0.1) is 0 Å². The first-order valence-electron chi connectivity index (χ1n) is 3.98. The second kappa shape index (κ2) is 6.09. The Morgan fingerprint density at radius 1 is 1.43 bits per heavy atom. The van der Waals surface area contributed by atoms with Gasteiger partial charge in [-0.25, -0.2) is 0 Å². The molecule has 0 spiro atoms. The fraction of sp³-hybridized carbons (Fsp3) is 0.333. The standard InChI is InChI=1S/C9H12ClNO2.ClH/c10-9-6(4-7(11)5-12)2-1-3-8(9)13;/h1-3,7,12-13H,4-5,11H2;1H. The molecule has 0 amide bonds. The number of hydrogen-bond acceptors (Lipinski definition) is 3. The van der Waals surface area contributed by atoms with E-state index in [0.29, 0.717) is 11.4 Å². The zero-order valence-corrected chi connectivity index (χ0v) is 9.05. The predicted octanol–water partition coefficient (Wildman–Crippen LogP) is 1.33. The van der Waals surface area contributed by atoms with Crippen LogP contribution in [0.1, 0.15) is 5.56 Å². The minimum absolute atomic E-state index is 0. The van der Waals surface area contributed by atoms with Crippen LogP contribution in [0.25, 0.3) is 0 Å². The van der Waals surface area contributed by atoms with Crippen molar-refractivity contribution in [3.63, 3.8) is 0 Å². The van der Waals surface area contributed by atoms with Gasteiger partial charge < -0.3 is 15.9 Å². The molecular weight excluding hydrogens is 225 g/mol. The monoisotopic (exact) mass is 237 g/mol. The average Bonchev–Trinajstić information content (AvgIpc) is 2.13. The lowest BCUT2D eigenvalue weighted by molar-refractivity contribution is 0.265. The molecule has 0 saturated heterocycles. The van der Waals surface area contributed by atoms with E-state index in [1.807, 2.05) is 0 Å². The second-order valence-corrected chi connectivity index (χ2v) is 3.27. The molecule has 0 radical (unpaired) electrons. The van der Waals surface area contributed by atoms with E-state index in [1.165, 1.54) is 6.07 Å². The number of rotatable bonds is 3. The lowest BCUT2D eigenvalue weighted by Crippen LogP contribution is -2.26. The number of hydrogen-bond donors (Lipinski definition) is 3. The van der Waals surface area contributed by atoms with Crippen LogP contribution in [0.2, 0.25) is 5.02 Å². The largest absolute Gasteiger partial charge is 0.506 e. The Labute approximate surface area is 93.9 Å². The normalized spacial score (nSPS) is 11.9. The summed E-state index contributed by atoms with van der Waals surface area (Å²) in [6, 6.07) is 4.65. The molecule has 0 fully saturated rings. The minimum Gasteiger partial charge on any atom is -0.506 e. The summed E-state index contributed by atoms with van der Waals surface area (Å²) in [5.74, 6) is 0.0457. The molecule has 0 aliphatic heterocycles. The van der Waals surface area contributed by atoms with Crippen molar-refractivity contribution in [1.82, 2.24) is 0 Å². The third-order valence-electron chi connectivity index (χ3n) is 1.77. The highest BCUT2D eigenvalue weighted by molar-refractivity contribution is 6.32. The summed E-state index contributed by atoms with van der Waals surface area (Å²) >= 11 is 5.81. The topological polar surface area (TPSA) is 66.5 Å². The van der Waals surface area contributed by atoms with Gasteiger partial charge in [-0.05, 0) is 18.1 Å². The van der Waals surface area contributed by atoms with E-state index in [-0.39, 0.29) is 30.8 Å². The van der Waals surface area contributed by atoms with Gasteiger partial charge in [-0.2, -0.15) is 0 Å². The van der Waals surface area contributed by atoms with Crippen LogP contribution in [0.5, 0.6) is 5.75 Å². The third kappa shape index (κ3) is 3.35. The van der Waals surface area contributed by atoms with Gasteiger partial charge in [-0.3, -0.25) is 0 Å². The first-order valence-corrected chi connectivity index (χ1v) is 4.35. The van der Waals surface area contributed by atoms with Crippen LogP contribution in [0.4, 0.5) is 0 Å². The molecule has 14 heavy (non-hydrogen) atoms. The van der Waals surface area contributed by atoms with Crippen molar-refractivity contribution in [2.24, 2.45) is 5.73 Å². The number of halogens is 2. The zero-order valence-electron chi connectivity index (χ0n) is 7.48. The summed E-state index contributed by atoms with van der Waals surface area (Å²) in [6.45, 7) is -0.0913. The Balaban J connectivity index is 0.00000169. The minimum atomic E-state index is -0.334. The predicted molar refractivity (Wildman–Crippen MR) is 59.1 cm³/mol. The fourth-order valence-corrected chi connectivity index (χ4v) is 1.27. The second-order valence-electron chi connectivity index (χ2n) is 2.90. The molecule has 0 heterocycles. The molecule has 1 rings (SSSR count). The van der Waals surface area contributed by atoms with E-state index >= 15 is 0 Å². The van der Waals surface area contributed by atoms with Crippen LogP contribution in [-0.4, -0.2) is 22.9 Å². The van der Waals surface area contributed by atoms with Crippen molar-refractivity contribution in [3.05, 3.63) is 28.8 Å². The molecule has 1 aromatic rings. The summed E-state index contributed by atoms with van der Waals surface area (Å²) in [4.78, 5) is 0. The molecule has 3 nitrogen and oxygen atoms in total. The molecule has 0 aromatic heterocycles. The van der Waals surface area contributed by atoms with Crippen molar-refractivity contribution in [2.75, 3.05) is 6.61 Å². The quantitative estimate of drug-likeness (QED) is 0.744. The average molecular weight is 238 g/mol. The van der Waals surface area contributed by atoms with Crippen molar-refractivity contribution in [2.45, 2.75) is 12.5 Å². The SMILES string of the molecule is Cl.NC(CO)Cc1cccc(O)c1Cl. The van der Waals surface area contributed by atoms with Gasteiger partial charge in [0.1, 0.15) is 5.75 Å². The lowest BCUT2D eigenvalue weighted by atomic mass is 10.1. The Morgan fingerprint density at radius 2 is 2.07 bits per heavy atom. The maximum absolute atomic E-state index is 9.25. The fourth-order valence-electron chi connectivity index (χ4n) is 1.07. The van der Waals surface area contributed by atoms with Gasteiger partial charge >= 0.3 is 0 Å². The molecule has 1 aromatic carbocycles. The lowest BCUT2D eigenvalue weighted by Gasteiger charge is -2.09. The van der Waals surface area contributed by atoms with Gasteiger partial charge in [-0.1, -0.05) is 23.7 Å². The van der Waals surface area contributed by atoms with Crippen molar-refractivity contribution >= 4 is 24.0 Å². The van der Waals surface area contributed by atoms with Crippen LogP contribution in [-0.2, 0) is 6.42 Å². The highest BCUT2D eigenvalue weighted by Gasteiger charge is 2.08. The first kappa shape index (κ1) is 13.5. The Hall–Kier alpha value is -0.480. The van der Waals surface area contributed by atoms with Crippen molar-refractivity contribution < 1.29 is 10.2 Å². The van der Waals surface area contributed by atoms with Gasteiger partial charge in [0.2, 0.25) is 0 Å². The number of benzene rings is 1. The summed E-state index contributed by atoms with van der Waals surface area (Å²) in [5, 5.41) is 18.3. The van der Waals surface area contributed by atoms with E-state index in [9.17, 15) is 5.11 Å². The molecule has 4 N–H and O–H groups in total. The molecule has 0 aliphatic rings. The number of aliphatic hydroxyl groups is 1. The first-order chi connectivity index (χ1) is 6.15. The van der Waals surface area contributed by atoms with Crippen molar-refractivity contribution in [1.29, 1.82) is 0 Å². The smallest absolute Gasteiger partial charge is 0.134 e. The number of phenolic OH excluding ortho intramolecular Hbond substituents is 1. The Bertz CT molecular complexity index is 294. The molecular formula is C9H13Cl2NO2. The van der Waals surface area contributed by atoms with Gasteiger partial charge in [0.25, 0.3) is 0 Å². The van der Waals surface area contributed by atoms with E-state index < -0.39 is 0 Å². The number of nitrogens with two attached hydrogens (primary N) is 1. The summed E-state index contributed by atoms with van der Waals surface area (Å²) < 4.78 is 0. The molecule has 80 valence electrons.